The Morgan fingerprint density at radius 3 is 2.71 bits per heavy atom. The van der Waals surface area contributed by atoms with Crippen molar-refractivity contribution in [1.29, 1.82) is 0 Å². The quantitative estimate of drug-likeness (QED) is 0.733. The minimum absolute atomic E-state index is 0.0249. The van der Waals surface area contributed by atoms with Gasteiger partial charge in [0.2, 0.25) is 11.8 Å². The number of hydrogen-bond acceptors (Lipinski definition) is 4. The zero-order valence-corrected chi connectivity index (χ0v) is 18.0. The van der Waals surface area contributed by atoms with E-state index in [9.17, 15) is 14.4 Å². The summed E-state index contributed by atoms with van der Waals surface area (Å²) in [5.41, 5.74) is 1.72. The highest BCUT2D eigenvalue weighted by molar-refractivity contribution is 6.32. The van der Waals surface area contributed by atoms with Gasteiger partial charge in [-0.3, -0.25) is 14.4 Å². The molecule has 3 atom stereocenters. The Bertz CT molecular complexity index is 1110. The van der Waals surface area contributed by atoms with Crippen LogP contribution >= 0.6 is 11.6 Å². The number of fused-ring (bicyclic) bond motifs is 4. The van der Waals surface area contributed by atoms with Crippen LogP contribution in [0.25, 0.3) is 0 Å². The van der Waals surface area contributed by atoms with E-state index >= 15 is 0 Å². The third kappa shape index (κ3) is 3.51. The second-order valence-corrected chi connectivity index (χ2v) is 9.07. The van der Waals surface area contributed by atoms with E-state index in [0.29, 0.717) is 42.6 Å². The minimum atomic E-state index is -0.370. The van der Waals surface area contributed by atoms with Crippen molar-refractivity contribution in [2.24, 2.45) is 11.8 Å². The van der Waals surface area contributed by atoms with E-state index in [1.807, 2.05) is 15.5 Å². The summed E-state index contributed by atoms with van der Waals surface area (Å²) >= 11 is 6.22. The zero-order valence-electron chi connectivity index (χ0n) is 17.3. The molecule has 1 aromatic heterocycles. The fourth-order valence-electron chi connectivity index (χ4n) is 5.28. The molecule has 2 bridgehead atoms. The largest absolute Gasteiger partial charge is 0.495 e. The lowest BCUT2D eigenvalue weighted by Crippen LogP contribution is -2.50. The summed E-state index contributed by atoms with van der Waals surface area (Å²) in [6, 6.07) is 10.6. The number of rotatable bonds is 3. The van der Waals surface area contributed by atoms with E-state index in [1.54, 1.807) is 42.3 Å². The van der Waals surface area contributed by atoms with Crippen molar-refractivity contribution < 1.29 is 14.3 Å². The van der Waals surface area contributed by atoms with Crippen molar-refractivity contribution >= 4 is 29.1 Å². The fraction of sp³-hybridized carbons (Fsp3) is 0.435. The highest BCUT2D eigenvalue weighted by Crippen LogP contribution is 2.37. The molecule has 2 aromatic rings. The van der Waals surface area contributed by atoms with E-state index in [1.165, 1.54) is 0 Å². The number of carbonyl (C=O) groups is 2. The molecule has 0 N–H and O–H groups in total. The number of amides is 2. The van der Waals surface area contributed by atoms with Gasteiger partial charge < -0.3 is 19.1 Å². The average Bonchev–Trinajstić information content (AvgIpc) is 3.15. The summed E-state index contributed by atoms with van der Waals surface area (Å²) in [5, 5.41) is 0.431. The number of hydrogen-bond donors (Lipinski definition) is 0. The van der Waals surface area contributed by atoms with Crippen LogP contribution in [0.15, 0.2) is 41.2 Å². The number of pyridine rings is 1. The van der Waals surface area contributed by atoms with Crippen LogP contribution in [0.1, 0.15) is 24.5 Å². The lowest BCUT2D eigenvalue weighted by atomic mass is 9.82. The molecule has 0 aliphatic carbocycles. The Labute approximate surface area is 185 Å². The average molecular weight is 442 g/mol. The Morgan fingerprint density at radius 1 is 1.10 bits per heavy atom. The van der Waals surface area contributed by atoms with E-state index in [-0.39, 0.29) is 41.5 Å². The van der Waals surface area contributed by atoms with Gasteiger partial charge in [0.05, 0.1) is 18.1 Å². The monoisotopic (exact) mass is 441 g/mol. The molecule has 3 aliphatic heterocycles. The normalized spacial score (nSPS) is 24.8. The number of carbonyl (C=O) groups excluding carboxylic acids is 2. The third-order valence-corrected chi connectivity index (χ3v) is 7.01. The standard InChI is InChI=1S/C23H24ClN3O4/c1-31-20-6-5-17(9-18(20)24)26-13-16(8-22(26)29)23(30)25-10-14-7-15(12-25)19-3-2-4-21(28)27(19)11-14/h2-6,9,14-16H,7-8,10-13H2,1H3/t14-,15+,16-/m0/s1. The maximum atomic E-state index is 13.3. The molecule has 7 nitrogen and oxygen atoms in total. The lowest BCUT2D eigenvalue weighted by Gasteiger charge is -2.43. The predicted octanol–water partition coefficient (Wildman–Crippen LogP) is 2.51. The molecule has 0 saturated carbocycles. The molecule has 5 rings (SSSR count). The second kappa shape index (κ2) is 7.71. The number of methoxy groups -OCH3 is 1. The summed E-state index contributed by atoms with van der Waals surface area (Å²) in [6.07, 6.45) is 1.19. The predicted molar refractivity (Wildman–Crippen MR) is 117 cm³/mol. The van der Waals surface area contributed by atoms with Gasteiger partial charge in [0.15, 0.2) is 0 Å². The van der Waals surface area contributed by atoms with Gasteiger partial charge in [-0.15, -0.1) is 0 Å². The number of ether oxygens (including phenoxy) is 1. The van der Waals surface area contributed by atoms with Crippen molar-refractivity contribution in [2.45, 2.75) is 25.3 Å². The minimum Gasteiger partial charge on any atom is -0.495 e. The van der Waals surface area contributed by atoms with Crippen molar-refractivity contribution in [3.63, 3.8) is 0 Å². The topological polar surface area (TPSA) is 71.8 Å². The van der Waals surface area contributed by atoms with Crippen molar-refractivity contribution in [3.05, 3.63) is 57.5 Å². The van der Waals surface area contributed by atoms with Crippen molar-refractivity contribution in [1.82, 2.24) is 9.47 Å². The number of piperidine rings is 1. The molecule has 31 heavy (non-hydrogen) atoms. The lowest BCUT2D eigenvalue weighted by molar-refractivity contribution is -0.138. The Balaban J connectivity index is 1.32. The van der Waals surface area contributed by atoms with Crippen molar-refractivity contribution in [3.8, 4) is 5.75 Å². The summed E-state index contributed by atoms with van der Waals surface area (Å²) in [7, 11) is 1.54. The highest BCUT2D eigenvalue weighted by Gasteiger charge is 2.41. The van der Waals surface area contributed by atoms with Crippen LogP contribution in [-0.4, -0.2) is 48.0 Å². The van der Waals surface area contributed by atoms with Crippen LogP contribution in [0.3, 0.4) is 0 Å². The SMILES string of the molecule is COc1ccc(N2C[C@@H](C(=O)N3C[C@@H]4C[C@H](C3)c3cccc(=O)n3C4)CC2=O)cc1Cl. The van der Waals surface area contributed by atoms with Gasteiger partial charge in [0, 0.05) is 56.0 Å². The molecule has 0 unspecified atom stereocenters. The maximum absolute atomic E-state index is 13.3. The Kier molecular flexibility index (Phi) is 5.01. The maximum Gasteiger partial charge on any atom is 0.250 e. The van der Waals surface area contributed by atoms with Gasteiger partial charge >= 0.3 is 0 Å². The number of aromatic nitrogens is 1. The fourth-order valence-corrected chi connectivity index (χ4v) is 5.53. The smallest absolute Gasteiger partial charge is 0.250 e. The molecule has 0 spiro atoms. The number of benzene rings is 1. The molecule has 2 amide bonds. The molecule has 162 valence electrons. The van der Waals surface area contributed by atoms with Gasteiger partial charge in [0.1, 0.15) is 5.75 Å². The first-order valence-electron chi connectivity index (χ1n) is 10.6. The summed E-state index contributed by atoms with van der Waals surface area (Å²) in [5.74, 6) is 0.558. The first-order chi connectivity index (χ1) is 14.9. The Morgan fingerprint density at radius 2 is 1.94 bits per heavy atom. The van der Waals surface area contributed by atoms with Gasteiger partial charge in [-0.05, 0) is 36.6 Å². The van der Waals surface area contributed by atoms with Crippen LogP contribution < -0.4 is 15.2 Å². The number of likely N-dealkylation sites (tertiary alicyclic amines) is 1. The molecular weight excluding hydrogens is 418 g/mol. The first kappa shape index (κ1) is 20.1. The van der Waals surface area contributed by atoms with E-state index < -0.39 is 0 Å². The molecular formula is C23H24ClN3O4. The molecule has 1 aromatic carbocycles. The third-order valence-electron chi connectivity index (χ3n) is 6.71. The molecule has 0 radical (unpaired) electrons. The van der Waals surface area contributed by atoms with Crippen LogP contribution in [0.5, 0.6) is 5.75 Å². The van der Waals surface area contributed by atoms with Crippen molar-refractivity contribution in [2.75, 3.05) is 31.6 Å². The molecule has 2 saturated heterocycles. The van der Waals surface area contributed by atoms with Crippen LogP contribution in [0.2, 0.25) is 5.02 Å². The van der Waals surface area contributed by atoms with E-state index in [2.05, 4.69) is 0 Å². The molecule has 3 aliphatic rings. The van der Waals surface area contributed by atoms with E-state index in [4.69, 9.17) is 16.3 Å². The van der Waals surface area contributed by atoms with Crippen LogP contribution in [0.4, 0.5) is 5.69 Å². The van der Waals surface area contributed by atoms with E-state index in [0.717, 1.165) is 12.1 Å². The molecule has 2 fully saturated rings. The number of anilines is 1. The summed E-state index contributed by atoms with van der Waals surface area (Å²) < 4.78 is 7.04. The van der Waals surface area contributed by atoms with Gasteiger partial charge in [-0.1, -0.05) is 17.7 Å². The molecule has 8 heteroatoms. The highest BCUT2D eigenvalue weighted by atomic mass is 35.5. The summed E-state index contributed by atoms with van der Waals surface area (Å²) in [4.78, 5) is 41.8. The molecule has 4 heterocycles. The summed E-state index contributed by atoms with van der Waals surface area (Å²) in [6.45, 7) is 2.23. The number of nitrogens with zero attached hydrogens (tertiary/aromatic N) is 3. The van der Waals surface area contributed by atoms with Crippen LogP contribution in [0, 0.1) is 11.8 Å². The second-order valence-electron chi connectivity index (χ2n) is 8.67. The van der Waals surface area contributed by atoms with Gasteiger partial charge in [-0.25, -0.2) is 0 Å². The first-order valence-corrected chi connectivity index (χ1v) is 10.9. The number of halogens is 1. The Hall–Kier alpha value is -2.80. The van der Waals surface area contributed by atoms with Crippen LogP contribution in [-0.2, 0) is 16.1 Å². The van der Waals surface area contributed by atoms with Gasteiger partial charge in [-0.2, -0.15) is 0 Å². The zero-order chi connectivity index (χ0) is 21.7. The van der Waals surface area contributed by atoms with Gasteiger partial charge in [0.25, 0.3) is 5.56 Å².